The molecule has 0 aromatic carbocycles. The Morgan fingerprint density at radius 2 is 0.955 bits per heavy atom. The van der Waals surface area contributed by atoms with E-state index in [4.69, 9.17) is 0 Å². The second kappa shape index (κ2) is 6.56. The number of hydrogen-bond donors (Lipinski definition) is 0. The Balaban J connectivity index is 4.73. The van der Waals surface area contributed by atoms with E-state index in [9.17, 15) is 52.7 Å². The van der Waals surface area contributed by atoms with Crippen molar-refractivity contribution in [1.29, 1.82) is 0 Å². The fraction of sp³-hybridized carbons (Fsp3) is 1.00. The molecule has 0 spiro atoms. The summed E-state index contributed by atoms with van der Waals surface area (Å²) in [5.41, 5.74) is 0. The third-order valence-electron chi connectivity index (χ3n) is 2.30. The van der Waals surface area contributed by atoms with Crippen LogP contribution >= 0.6 is 11.8 Å². The molecule has 134 valence electrons. The predicted molar refractivity (Wildman–Crippen MR) is 53.5 cm³/mol. The van der Waals surface area contributed by atoms with Crippen molar-refractivity contribution in [3.8, 4) is 0 Å². The van der Waals surface area contributed by atoms with E-state index < -0.39 is 54.5 Å². The zero-order chi connectivity index (χ0) is 18.0. The molecule has 0 aromatic heterocycles. The minimum absolute atomic E-state index is 0.0817. The first-order valence-electron chi connectivity index (χ1n) is 5.30. The van der Waals surface area contributed by atoms with Crippen molar-refractivity contribution in [2.45, 2.75) is 43.0 Å². The van der Waals surface area contributed by atoms with Gasteiger partial charge in [-0.05, 0) is 5.75 Å². The molecule has 0 heterocycles. The van der Waals surface area contributed by atoms with Gasteiger partial charge < -0.3 is 0 Å². The lowest BCUT2D eigenvalue weighted by Gasteiger charge is -2.33. The highest BCUT2D eigenvalue weighted by Gasteiger charge is 2.81. The SMILES string of the molecule is FC(F)(F)CCSCCC(F)(F)C(F)(F)C(F)(F)C(F)(F)F. The van der Waals surface area contributed by atoms with Gasteiger partial charge in [0.2, 0.25) is 0 Å². The molecule has 0 saturated heterocycles. The van der Waals surface area contributed by atoms with Gasteiger partial charge in [0.15, 0.2) is 0 Å². The lowest BCUT2D eigenvalue weighted by molar-refractivity contribution is -0.396. The van der Waals surface area contributed by atoms with E-state index in [-0.39, 0.29) is 11.8 Å². The minimum Gasteiger partial charge on any atom is -0.200 e. The molecule has 0 aromatic rings. The summed E-state index contributed by atoms with van der Waals surface area (Å²) >= 11 is 0.0817. The van der Waals surface area contributed by atoms with E-state index in [1.807, 2.05) is 0 Å². The second-order valence-corrected chi connectivity index (χ2v) is 5.30. The van der Waals surface area contributed by atoms with E-state index in [1.54, 1.807) is 0 Å². The van der Waals surface area contributed by atoms with Crippen LogP contribution in [-0.4, -0.2) is 41.6 Å². The Hall–Kier alpha value is -0.490. The van der Waals surface area contributed by atoms with Crippen molar-refractivity contribution in [3.63, 3.8) is 0 Å². The fourth-order valence-electron chi connectivity index (χ4n) is 1.05. The van der Waals surface area contributed by atoms with Crippen LogP contribution in [-0.2, 0) is 0 Å². The zero-order valence-corrected chi connectivity index (χ0v) is 11.1. The lowest BCUT2D eigenvalue weighted by Crippen LogP contribution is -2.60. The molecular formula is C9H8F12S. The average Bonchev–Trinajstić information content (AvgIpc) is 2.24. The maximum Gasteiger partial charge on any atom is 0.460 e. The van der Waals surface area contributed by atoms with E-state index in [0.717, 1.165) is 0 Å². The van der Waals surface area contributed by atoms with Crippen LogP contribution in [0.25, 0.3) is 0 Å². The van der Waals surface area contributed by atoms with Gasteiger partial charge in [0.1, 0.15) is 0 Å². The normalized spacial score (nSPS) is 15.3. The molecule has 0 saturated carbocycles. The molecule has 0 aliphatic rings. The Kier molecular flexibility index (Phi) is 6.41. The molecule has 0 fully saturated rings. The van der Waals surface area contributed by atoms with Crippen LogP contribution in [0.15, 0.2) is 0 Å². The molecule has 0 atom stereocenters. The zero-order valence-electron chi connectivity index (χ0n) is 10.3. The molecule has 22 heavy (non-hydrogen) atoms. The summed E-state index contributed by atoms with van der Waals surface area (Å²) in [7, 11) is 0. The smallest absolute Gasteiger partial charge is 0.200 e. The maximum absolute atomic E-state index is 12.9. The Morgan fingerprint density at radius 1 is 0.545 bits per heavy atom. The Bertz CT molecular complexity index is 355. The molecule has 0 unspecified atom stereocenters. The maximum atomic E-state index is 12.9. The Labute approximate surface area is 120 Å². The molecule has 0 aliphatic heterocycles. The molecular weight excluding hydrogens is 368 g/mol. The first kappa shape index (κ1) is 21.5. The fourth-order valence-corrected chi connectivity index (χ4v) is 2.04. The van der Waals surface area contributed by atoms with E-state index in [2.05, 4.69) is 0 Å². The molecule has 0 bridgehead atoms. The van der Waals surface area contributed by atoms with Crippen molar-refractivity contribution < 1.29 is 52.7 Å². The minimum atomic E-state index is -6.97. The van der Waals surface area contributed by atoms with Gasteiger partial charge in [-0.1, -0.05) is 0 Å². The molecule has 0 N–H and O–H groups in total. The summed E-state index contributed by atoms with van der Waals surface area (Å²) in [6.45, 7) is 0. The summed E-state index contributed by atoms with van der Waals surface area (Å²) in [5.74, 6) is -21.4. The van der Waals surface area contributed by atoms with Crippen LogP contribution in [0.3, 0.4) is 0 Å². The van der Waals surface area contributed by atoms with E-state index in [1.165, 1.54) is 0 Å². The van der Waals surface area contributed by atoms with E-state index >= 15 is 0 Å². The van der Waals surface area contributed by atoms with Crippen molar-refractivity contribution in [3.05, 3.63) is 0 Å². The van der Waals surface area contributed by atoms with Crippen LogP contribution in [0.1, 0.15) is 12.8 Å². The monoisotopic (exact) mass is 376 g/mol. The first-order valence-corrected chi connectivity index (χ1v) is 6.46. The molecule has 0 amide bonds. The highest BCUT2D eigenvalue weighted by molar-refractivity contribution is 7.99. The second-order valence-electron chi connectivity index (χ2n) is 4.08. The number of thioether (sulfide) groups is 1. The van der Waals surface area contributed by atoms with Gasteiger partial charge in [-0.15, -0.1) is 0 Å². The van der Waals surface area contributed by atoms with Gasteiger partial charge in [0.05, 0.1) is 6.42 Å². The number of rotatable bonds is 7. The molecule has 13 heteroatoms. The van der Waals surface area contributed by atoms with Crippen LogP contribution in [0.2, 0.25) is 0 Å². The highest BCUT2D eigenvalue weighted by atomic mass is 32.2. The van der Waals surface area contributed by atoms with Gasteiger partial charge in [0.25, 0.3) is 0 Å². The van der Waals surface area contributed by atoms with Crippen LogP contribution in [0.5, 0.6) is 0 Å². The molecule has 0 nitrogen and oxygen atoms in total. The van der Waals surface area contributed by atoms with Gasteiger partial charge in [0, 0.05) is 12.2 Å². The van der Waals surface area contributed by atoms with Crippen LogP contribution in [0, 0.1) is 0 Å². The van der Waals surface area contributed by atoms with Gasteiger partial charge >= 0.3 is 30.1 Å². The summed E-state index contributed by atoms with van der Waals surface area (Å²) in [6, 6.07) is 0. The summed E-state index contributed by atoms with van der Waals surface area (Å²) in [5, 5.41) is 0. The molecule has 0 rings (SSSR count). The summed E-state index contributed by atoms with van der Waals surface area (Å²) in [6.07, 6.45) is -15.1. The standard InChI is InChI=1S/C9H8F12S/c10-5(11,1-3-22-4-2-6(12,13)14)7(15,16)8(17,18)9(19,20)21/h1-4H2. The third-order valence-corrected chi connectivity index (χ3v) is 3.29. The molecule has 0 aliphatic carbocycles. The quantitative estimate of drug-likeness (QED) is 0.416. The third kappa shape index (κ3) is 5.01. The summed E-state index contributed by atoms with van der Waals surface area (Å²) < 4.78 is 147. The molecule has 0 radical (unpaired) electrons. The Morgan fingerprint density at radius 3 is 1.32 bits per heavy atom. The highest BCUT2D eigenvalue weighted by Crippen LogP contribution is 2.54. The number of halogens is 12. The average molecular weight is 376 g/mol. The lowest BCUT2D eigenvalue weighted by atomic mass is 10.0. The van der Waals surface area contributed by atoms with Crippen molar-refractivity contribution in [2.24, 2.45) is 0 Å². The predicted octanol–water partition coefficient (Wildman–Crippen LogP) is 5.53. The van der Waals surface area contributed by atoms with E-state index in [0.29, 0.717) is 0 Å². The van der Waals surface area contributed by atoms with Crippen molar-refractivity contribution in [2.75, 3.05) is 11.5 Å². The van der Waals surface area contributed by atoms with Gasteiger partial charge in [-0.2, -0.15) is 64.4 Å². The summed E-state index contributed by atoms with van der Waals surface area (Å²) in [4.78, 5) is 0. The van der Waals surface area contributed by atoms with Crippen LogP contribution in [0.4, 0.5) is 52.7 Å². The topological polar surface area (TPSA) is 0 Å². The largest absolute Gasteiger partial charge is 0.460 e. The number of hydrogen-bond acceptors (Lipinski definition) is 1. The number of alkyl halides is 12. The van der Waals surface area contributed by atoms with Crippen molar-refractivity contribution in [1.82, 2.24) is 0 Å². The first-order chi connectivity index (χ1) is 9.46. The van der Waals surface area contributed by atoms with Gasteiger partial charge in [-0.3, -0.25) is 0 Å². The van der Waals surface area contributed by atoms with Crippen LogP contribution < -0.4 is 0 Å². The van der Waals surface area contributed by atoms with Crippen molar-refractivity contribution >= 4 is 11.8 Å². The van der Waals surface area contributed by atoms with Gasteiger partial charge in [-0.25, -0.2) is 0 Å².